The molecule has 172 valence electrons. The molecule has 32 heavy (non-hydrogen) atoms. The lowest BCUT2D eigenvalue weighted by Gasteiger charge is -2.30. The molecule has 0 radical (unpaired) electrons. The molecule has 1 N–H and O–H groups in total. The number of carbonyl (C=O) groups is 1. The molecule has 0 atom stereocenters. The van der Waals surface area contributed by atoms with Crippen molar-refractivity contribution >= 4 is 15.9 Å². The smallest absolute Gasteiger partial charge is 0.243 e. The third-order valence-corrected chi connectivity index (χ3v) is 7.73. The number of halogens is 1. The summed E-state index contributed by atoms with van der Waals surface area (Å²) in [5.41, 5.74) is 0.559. The number of hydrogen-bond donors (Lipinski definition) is 1. The summed E-state index contributed by atoms with van der Waals surface area (Å²) in [6.07, 6.45) is 2.03. The molecule has 0 unspecified atom stereocenters. The van der Waals surface area contributed by atoms with Crippen molar-refractivity contribution in [2.75, 3.05) is 32.8 Å². The number of carbonyl (C=O) groups excluding carboxylic acids is 1. The van der Waals surface area contributed by atoms with E-state index < -0.39 is 10.0 Å². The van der Waals surface area contributed by atoms with Crippen LogP contribution in [0.3, 0.4) is 0 Å². The van der Waals surface area contributed by atoms with Crippen LogP contribution in [0.2, 0.25) is 0 Å². The minimum absolute atomic E-state index is 0.117. The highest BCUT2D eigenvalue weighted by Gasteiger charge is 2.32. The van der Waals surface area contributed by atoms with E-state index in [1.165, 1.54) is 22.5 Å². The number of nitrogens with zero attached hydrogens (tertiary/aromatic N) is 1. The first-order chi connectivity index (χ1) is 15.4. The van der Waals surface area contributed by atoms with E-state index in [-0.39, 0.29) is 35.6 Å². The van der Waals surface area contributed by atoms with Crippen molar-refractivity contribution < 1.29 is 27.1 Å². The largest absolute Gasteiger partial charge is 0.490 e. The average molecular weight is 463 g/mol. The molecule has 0 aliphatic carbocycles. The Labute approximate surface area is 187 Å². The Hall–Kier alpha value is -2.65. The van der Waals surface area contributed by atoms with E-state index in [4.69, 9.17) is 9.47 Å². The van der Waals surface area contributed by atoms with Gasteiger partial charge in [-0.1, -0.05) is 18.2 Å². The number of rotatable bonds is 6. The average Bonchev–Trinajstić information content (AvgIpc) is 3.05. The van der Waals surface area contributed by atoms with E-state index in [9.17, 15) is 17.6 Å². The zero-order valence-electron chi connectivity index (χ0n) is 17.8. The molecule has 1 amide bonds. The van der Waals surface area contributed by atoms with Crippen LogP contribution in [-0.2, 0) is 21.2 Å². The van der Waals surface area contributed by atoms with Gasteiger partial charge in [0.25, 0.3) is 0 Å². The number of nitrogens with one attached hydrogen (secondary N) is 1. The summed E-state index contributed by atoms with van der Waals surface area (Å²) >= 11 is 0. The zero-order chi connectivity index (χ0) is 22.6. The van der Waals surface area contributed by atoms with Gasteiger partial charge in [-0.3, -0.25) is 4.79 Å². The molecular formula is C23H27FN2O5S. The van der Waals surface area contributed by atoms with E-state index in [2.05, 4.69) is 5.32 Å². The Morgan fingerprint density at radius 1 is 1.06 bits per heavy atom. The van der Waals surface area contributed by atoms with Gasteiger partial charge in [0.15, 0.2) is 11.5 Å². The van der Waals surface area contributed by atoms with Crippen molar-refractivity contribution in [3.8, 4) is 11.5 Å². The van der Waals surface area contributed by atoms with Crippen LogP contribution in [0.1, 0.15) is 24.8 Å². The van der Waals surface area contributed by atoms with Gasteiger partial charge >= 0.3 is 0 Å². The lowest BCUT2D eigenvalue weighted by atomic mass is 9.97. The quantitative estimate of drug-likeness (QED) is 0.714. The Balaban J connectivity index is 1.31. The van der Waals surface area contributed by atoms with Gasteiger partial charge in [0.05, 0.1) is 18.1 Å². The highest BCUT2D eigenvalue weighted by atomic mass is 32.2. The first-order valence-electron chi connectivity index (χ1n) is 10.9. The molecular weight excluding hydrogens is 435 g/mol. The van der Waals surface area contributed by atoms with Crippen LogP contribution in [0.25, 0.3) is 0 Å². The third kappa shape index (κ3) is 5.05. The maximum atomic E-state index is 13.7. The highest BCUT2D eigenvalue weighted by molar-refractivity contribution is 7.89. The first kappa shape index (κ1) is 22.5. The van der Waals surface area contributed by atoms with Crippen LogP contribution in [0.15, 0.2) is 47.4 Å². The summed E-state index contributed by atoms with van der Waals surface area (Å²) in [5, 5.41) is 2.85. The van der Waals surface area contributed by atoms with E-state index in [1.54, 1.807) is 24.3 Å². The van der Waals surface area contributed by atoms with Crippen LogP contribution in [0.5, 0.6) is 11.5 Å². The number of ether oxygens (including phenoxy) is 2. The zero-order valence-corrected chi connectivity index (χ0v) is 18.6. The second kappa shape index (κ2) is 9.87. The van der Waals surface area contributed by atoms with Crippen molar-refractivity contribution in [2.24, 2.45) is 5.92 Å². The SMILES string of the molecule is O=C(NCCc1ccccc1F)C1CCN(S(=O)(=O)c2ccc3c(c2)OCCCO3)CC1. The number of hydrogen-bond acceptors (Lipinski definition) is 5. The molecule has 1 fully saturated rings. The minimum Gasteiger partial charge on any atom is -0.490 e. The van der Waals surface area contributed by atoms with Crippen molar-refractivity contribution in [2.45, 2.75) is 30.6 Å². The maximum Gasteiger partial charge on any atom is 0.243 e. The van der Waals surface area contributed by atoms with Crippen LogP contribution in [0.4, 0.5) is 4.39 Å². The van der Waals surface area contributed by atoms with E-state index in [0.29, 0.717) is 56.1 Å². The molecule has 2 aliphatic heterocycles. The van der Waals surface area contributed by atoms with E-state index in [1.807, 2.05) is 0 Å². The van der Waals surface area contributed by atoms with Crippen LogP contribution < -0.4 is 14.8 Å². The van der Waals surface area contributed by atoms with E-state index in [0.717, 1.165) is 6.42 Å². The fraction of sp³-hybridized carbons (Fsp3) is 0.435. The standard InChI is InChI=1S/C23H27FN2O5S/c24-20-5-2-1-4-17(20)8-11-25-23(27)18-9-12-26(13-10-18)32(28,29)19-6-7-21-22(16-19)31-15-3-14-30-21/h1-2,4-7,16,18H,3,8-15H2,(H,25,27). The Morgan fingerprint density at radius 2 is 1.78 bits per heavy atom. The second-order valence-corrected chi connectivity index (χ2v) is 9.91. The number of fused-ring (bicyclic) bond motifs is 1. The third-order valence-electron chi connectivity index (χ3n) is 5.83. The fourth-order valence-corrected chi connectivity index (χ4v) is 5.46. The summed E-state index contributed by atoms with van der Waals surface area (Å²) in [5.74, 6) is 0.328. The maximum absolute atomic E-state index is 13.7. The van der Waals surface area contributed by atoms with Gasteiger partial charge < -0.3 is 14.8 Å². The van der Waals surface area contributed by atoms with Crippen molar-refractivity contribution in [3.63, 3.8) is 0 Å². The number of piperidine rings is 1. The topological polar surface area (TPSA) is 84.9 Å². The van der Waals surface area contributed by atoms with Gasteiger partial charge in [0, 0.05) is 38.0 Å². The van der Waals surface area contributed by atoms with Crippen LogP contribution in [-0.4, -0.2) is 51.5 Å². The van der Waals surface area contributed by atoms with Gasteiger partial charge in [-0.05, 0) is 43.0 Å². The Bertz CT molecular complexity index is 1070. The molecule has 2 aliphatic rings. The van der Waals surface area contributed by atoms with Gasteiger partial charge in [0.1, 0.15) is 5.82 Å². The molecule has 2 aromatic rings. The lowest BCUT2D eigenvalue weighted by Crippen LogP contribution is -2.43. The molecule has 9 heteroatoms. The summed E-state index contributed by atoms with van der Waals surface area (Å²) in [7, 11) is -3.69. The predicted molar refractivity (Wildman–Crippen MR) is 117 cm³/mol. The molecule has 0 spiro atoms. The Kier molecular flexibility index (Phi) is 6.95. The molecule has 2 aromatic carbocycles. The summed E-state index contributed by atoms with van der Waals surface area (Å²) in [6.45, 7) is 1.89. The van der Waals surface area contributed by atoms with Gasteiger partial charge in [-0.2, -0.15) is 4.31 Å². The van der Waals surface area contributed by atoms with Crippen molar-refractivity contribution in [3.05, 3.63) is 53.8 Å². The Morgan fingerprint density at radius 3 is 2.53 bits per heavy atom. The summed E-state index contributed by atoms with van der Waals surface area (Å²) in [4.78, 5) is 12.7. The molecule has 2 heterocycles. The number of sulfonamides is 1. The first-order valence-corrected chi connectivity index (χ1v) is 12.3. The molecule has 7 nitrogen and oxygen atoms in total. The van der Waals surface area contributed by atoms with Crippen molar-refractivity contribution in [1.82, 2.24) is 9.62 Å². The second-order valence-electron chi connectivity index (χ2n) is 7.97. The fourth-order valence-electron chi connectivity index (χ4n) is 3.98. The summed E-state index contributed by atoms with van der Waals surface area (Å²) < 4.78 is 52.5. The summed E-state index contributed by atoms with van der Waals surface area (Å²) in [6, 6.07) is 11.2. The predicted octanol–water partition coefficient (Wildman–Crippen LogP) is 2.75. The van der Waals surface area contributed by atoms with E-state index >= 15 is 0 Å². The minimum atomic E-state index is -3.69. The number of amides is 1. The molecule has 4 rings (SSSR count). The lowest BCUT2D eigenvalue weighted by molar-refractivity contribution is -0.126. The van der Waals surface area contributed by atoms with Crippen molar-refractivity contribution in [1.29, 1.82) is 0 Å². The molecule has 0 aromatic heterocycles. The number of benzene rings is 2. The molecule has 0 bridgehead atoms. The van der Waals surface area contributed by atoms with Crippen LogP contribution in [0, 0.1) is 11.7 Å². The normalized spacial score (nSPS) is 17.5. The van der Waals surface area contributed by atoms with Crippen LogP contribution >= 0.6 is 0 Å². The molecule has 0 saturated carbocycles. The molecule has 1 saturated heterocycles. The van der Waals surface area contributed by atoms with Gasteiger partial charge in [0.2, 0.25) is 15.9 Å². The van der Waals surface area contributed by atoms with Gasteiger partial charge in [-0.15, -0.1) is 0 Å². The highest BCUT2D eigenvalue weighted by Crippen LogP contribution is 2.33. The monoisotopic (exact) mass is 462 g/mol. The van der Waals surface area contributed by atoms with Gasteiger partial charge in [-0.25, -0.2) is 12.8 Å².